The van der Waals surface area contributed by atoms with Crippen LogP contribution in [0.1, 0.15) is 0 Å². The first-order chi connectivity index (χ1) is 8.99. The van der Waals surface area contributed by atoms with E-state index in [1.54, 1.807) is 4.90 Å². The first-order valence-electron chi connectivity index (χ1n) is 5.68. The monoisotopic (exact) mass is 287 g/mol. The summed E-state index contributed by atoms with van der Waals surface area (Å²) in [5.74, 6) is -0.586. The van der Waals surface area contributed by atoms with E-state index in [0.29, 0.717) is 26.3 Å². The van der Waals surface area contributed by atoms with Crippen molar-refractivity contribution in [1.82, 2.24) is 4.90 Å². The number of hydrogen-bond donors (Lipinski definition) is 1. The molecular formula is C11H14FN3O3S. The van der Waals surface area contributed by atoms with E-state index in [4.69, 9.17) is 10.5 Å². The van der Waals surface area contributed by atoms with Crippen LogP contribution in [0, 0.1) is 5.82 Å². The summed E-state index contributed by atoms with van der Waals surface area (Å²) in [6.07, 6.45) is 0. The highest BCUT2D eigenvalue weighted by Gasteiger charge is 2.18. The fraction of sp³-hybridized carbons (Fsp3) is 0.364. The summed E-state index contributed by atoms with van der Waals surface area (Å²) >= 11 is 0. The lowest BCUT2D eigenvalue weighted by Crippen LogP contribution is -2.45. The molecule has 19 heavy (non-hydrogen) atoms. The number of halogens is 1. The van der Waals surface area contributed by atoms with Gasteiger partial charge < -0.3 is 15.4 Å². The van der Waals surface area contributed by atoms with E-state index < -0.39 is 15.8 Å². The van der Waals surface area contributed by atoms with E-state index in [2.05, 4.69) is 4.40 Å². The molecule has 104 valence electrons. The van der Waals surface area contributed by atoms with Crippen molar-refractivity contribution >= 4 is 16.0 Å². The molecule has 0 aromatic heterocycles. The van der Waals surface area contributed by atoms with Crippen LogP contribution in [0.5, 0.6) is 0 Å². The van der Waals surface area contributed by atoms with E-state index in [0.717, 1.165) is 24.3 Å². The van der Waals surface area contributed by atoms with Crippen LogP contribution in [0.4, 0.5) is 4.39 Å². The molecule has 0 bridgehead atoms. The Morgan fingerprint density at radius 1 is 1.26 bits per heavy atom. The number of nitrogens with zero attached hydrogens (tertiary/aromatic N) is 2. The molecule has 0 amide bonds. The predicted molar refractivity (Wildman–Crippen MR) is 67.6 cm³/mol. The molecule has 0 aliphatic carbocycles. The van der Waals surface area contributed by atoms with Gasteiger partial charge in [0.15, 0.2) is 0 Å². The zero-order valence-corrected chi connectivity index (χ0v) is 10.9. The second-order valence-corrected chi connectivity index (χ2v) is 5.58. The van der Waals surface area contributed by atoms with Gasteiger partial charge in [0.2, 0.25) is 5.96 Å². The van der Waals surface area contributed by atoms with Crippen LogP contribution in [0.25, 0.3) is 0 Å². The van der Waals surface area contributed by atoms with Crippen LogP contribution in [0.3, 0.4) is 0 Å². The minimum atomic E-state index is -3.91. The molecule has 6 nitrogen and oxygen atoms in total. The summed E-state index contributed by atoms with van der Waals surface area (Å²) in [5, 5.41) is 0. The molecule has 1 aliphatic rings. The largest absolute Gasteiger partial charge is 0.378 e. The average molecular weight is 287 g/mol. The molecule has 2 rings (SSSR count). The van der Waals surface area contributed by atoms with Crippen molar-refractivity contribution in [3.63, 3.8) is 0 Å². The third kappa shape index (κ3) is 3.42. The lowest BCUT2D eigenvalue weighted by molar-refractivity contribution is 0.0676. The van der Waals surface area contributed by atoms with Crippen molar-refractivity contribution in [3.8, 4) is 0 Å². The maximum absolute atomic E-state index is 12.8. The number of morpholine rings is 1. The number of benzene rings is 1. The third-order valence-corrected chi connectivity index (χ3v) is 3.96. The van der Waals surface area contributed by atoms with Gasteiger partial charge in [-0.05, 0) is 24.3 Å². The maximum Gasteiger partial charge on any atom is 0.285 e. The van der Waals surface area contributed by atoms with Gasteiger partial charge in [0, 0.05) is 13.1 Å². The standard InChI is InChI=1S/C11H14FN3O3S/c12-9-1-3-10(4-2-9)19(16,17)14-11(13)15-5-7-18-8-6-15/h1-4H,5-8H2,(H2,13,14). The highest BCUT2D eigenvalue weighted by atomic mass is 32.2. The number of rotatable bonds is 2. The Balaban J connectivity index is 2.22. The summed E-state index contributed by atoms with van der Waals surface area (Å²) in [6.45, 7) is 1.95. The average Bonchev–Trinajstić information content (AvgIpc) is 2.40. The molecule has 1 aromatic carbocycles. The highest BCUT2D eigenvalue weighted by Crippen LogP contribution is 2.13. The van der Waals surface area contributed by atoms with Crippen LogP contribution in [-0.2, 0) is 14.8 Å². The number of hydrogen-bond acceptors (Lipinski definition) is 3. The minimum Gasteiger partial charge on any atom is -0.378 e. The van der Waals surface area contributed by atoms with Gasteiger partial charge in [0.05, 0.1) is 18.1 Å². The normalized spacial score (nSPS) is 17.5. The quantitative estimate of drug-likeness (QED) is 0.619. The van der Waals surface area contributed by atoms with Crippen LogP contribution < -0.4 is 5.73 Å². The number of sulfonamides is 1. The van der Waals surface area contributed by atoms with Gasteiger partial charge in [0.1, 0.15) is 5.82 Å². The number of nitrogens with two attached hydrogens (primary N) is 1. The minimum absolute atomic E-state index is 0.0763. The first-order valence-corrected chi connectivity index (χ1v) is 7.12. The van der Waals surface area contributed by atoms with Gasteiger partial charge in [-0.25, -0.2) is 4.39 Å². The molecule has 1 heterocycles. The van der Waals surface area contributed by atoms with Gasteiger partial charge in [-0.15, -0.1) is 4.40 Å². The van der Waals surface area contributed by atoms with Crippen LogP contribution in [0.2, 0.25) is 0 Å². The van der Waals surface area contributed by atoms with Crippen LogP contribution in [-0.4, -0.2) is 45.6 Å². The van der Waals surface area contributed by atoms with Gasteiger partial charge in [-0.3, -0.25) is 0 Å². The van der Waals surface area contributed by atoms with E-state index >= 15 is 0 Å². The Kier molecular flexibility index (Phi) is 4.01. The molecule has 0 saturated carbocycles. The second kappa shape index (κ2) is 5.54. The molecule has 0 spiro atoms. The van der Waals surface area contributed by atoms with E-state index in [1.165, 1.54) is 0 Å². The van der Waals surface area contributed by atoms with E-state index in [1.807, 2.05) is 0 Å². The maximum atomic E-state index is 12.8. The Labute approximate surface area is 110 Å². The van der Waals surface area contributed by atoms with E-state index in [-0.39, 0.29) is 10.9 Å². The Hall–Kier alpha value is -1.67. The summed E-state index contributed by atoms with van der Waals surface area (Å²) in [4.78, 5) is 1.54. The van der Waals surface area contributed by atoms with Gasteiger partial charge >= 0.3 is 0 Å². The molecule has 1 fully saturated rings. The summed E-state index contributed by atoms with van der Waals surface area (Å²) in [7, 11) is -3.91. The van der Waals surface area contributed by atoms with Crippen molar-refractivity contribution in [2.75, 3.05) is 26.3 Å². The molecule has 8 heteroatoms. The Bertz CT molecular complexity index is 565. The number of guanidine groups is 1. The van der Waals surface area contributed by atoms with Gasteiger partial charge in [-0.2, -0.15) is 8.42 Å². The van der Waals surface area contributed by atoms with Gasteiger partial charge in [0.25, 0.3) is 10.0 Å². The fourth-order valence-corrected chi connectivity index (χ4v) is 2.58. The molecule has 1 aromatic rings. The molecule has 0 atom stereocenters. The summed E-state index contributed by atoms with van der Waals surface area (Å²) < 4.78 is 45.3. The SMILES string of the molecule is NC(=NS(=O)(=O)c1ccc(F)cc1)N1CCOCC1. The molecule has 2 N–H and O–H groups in total. The molecular weight excluding hydrogens is 273 g/mol. The summed E-state index contributed by atoms with van der Waals surface area (Å²) in [5.41, 5.74) is 5.67. The molecule has 0 unspecified atom stereocenters. The van der Waals surface area contributed by atoms with Gasteiger partial charge in [-0.1, -0.05) is 0 Å². The molecule has 0 radical (unpaired) electrons. The third-order valence-electron chi connectivity index (χ3n) is 2.66. The Morgan fingerprint density at radius 2 is 1.84 bits per heavy atom. The van der Waals surface area contributed by atoms with Crippen molar-refractivity contribution in [2.24, 2.45) is 10.1 Å². The van der Waals surface area contributed by atoms with Crippen molar-refractivity contribution < 1.29 is 17.5 Å². The van der Waals surface area contributed by atoms with Crippen molar-refractivity contribution in [1.29, 1.82) is 0 Å². The molecule has 1 aliphatic heterocycles. The van der Waals surface area contributed by atoms with E-state index in [9.17, 15) is 12.8 Å². The van der Waals surface area contributed by atoms with Crippen LogP contribution in [0.15, 0.2) is 33.6 Å². The zero-order valence-electron chi connectivity index (χ0n) is 10.1. The smallest absolute Gasteiger partial charge is 0.285 e. The lowest BCUT2D eigenvalue weighted by atomic mass is 10.4. The number of ether oxygens (including phenoxy) is 1. The van der Waals surface area contributed by atoms with Crippen molar-refractivity contribution in [2.45, 2.75) is 4.90 Å². The topological polar surface area (TPSA) is 85.0 Å². The Morgan fingerprint density at radius 3 is 2.42 bits per heavy atom. The van der Waals surface area contributed by atoms with Crippen LogP contribution >= 0.6 is 0 Å². The second-order valence-electron chi connectivity index (χ2n) is 3.98. The molecule has 1 saturated heterocycles. The summed E-state index contributed by atoms with van der Waals surface area (Å²) in [6, 6.07) is 4.43. The highest BCUT2D eigenvalue weighted by molar-refractivity contribution is 7.90. The first kappa shape index (κ1) is 13.8. The van der Waals surface area contributed by atoms with Crippen molar-refractivity contribution in [3.05, 3.63) is 30.1 Å². The predicted octanol–water partition coefficient (Wildman–Crippen LogP) is 0.161. The fourth-order valence-electron chi connectivity index (χ4n) is 1.63. The lowest BCUT2D eigenvalue weighted by Gasteiger charge is -2.27. The zero-order chi connectivity index (χ0) is 13.9.